The summed E-state index contributed by atoms with van der Waals surface area (Å²) in [5, 5.41) is 1.10. The van der Waals surface area contributed by atoms with Crippen LogP contribution >= 0.6 is 15.9 Å². The van der Waals surface area contributed by atoms with Crippen LogP contribution < -0.4 is 15.3 Å². The Bertz CT molecular complexity index is 4140. The van der Waals surface area contributed by atoms with Gasteiger partial charge in [-0.15, -0.1) is 0 Å². The van der Waals surface area contributed by atoms with E-state index in [1.54, 1.807) is 144 Å². The van der Waals surface area contributed by atoms with Crippen molar-refractivity contribution in [3.8, 4) is 33.8 Å². The van der Waals surface area contributed by atoms with Gasteiger partial charge >= 0.3 is 31.5 Å². The fourth-order valence-corrected chi connectivity index (χ4v) is 10.9. The Labute approximate surface area is 591 Å². The van der Waals surface area contributed by atoms with Gasteiger partial charge in [0.05, 0.1) is 67.4 Å². The summed E-state index contributed by atoms with van der Waals surface area (Å²) in [4.78, 5) is 87.8. The van der Waals surface area contributed by atoms with E-state index in [1.807, 2.05) is 51.0 Å². The standard InChI is InChI=1S/C33H39FN6O5.C30H37BFN3O6.C9H14BrN3O/c1-32(2,3)44-30(41)40(31(42)45-33(4,5)6)29-28-24(10-11-26(37-28)22-8-7-9-23(34)18-22)25(19-35-29)27-20-39(21-36-27)13-12-38-14-16-43-17-15-38;1-27(2,3)38-25(36)35(26(37)39-28(4,5)6)24-23-20(14-15-22(34-23)18-12-11-13-19(32)16-18)21(17-33-24)31-40-29(7,8)30(9,10)41-31;10-9-7-13(8-11-9)2-1-12-3-5-14-6-4-12/h7-11,18-21H,12-17H2,1-6H3;11-17H,1-10H3;7-8H,1-6H2. The number of morpholine rings is 2. The minimum atomic E-state index is -0.984. The van der Waals surface area contributed by atoms with Crippen LogP contribution in [-0.2, 0) is 50.8 Å². The van der Waals surface area contributed by atoms with Crippen molar-refractivity contribution in [2.24, 2.45) is 0 Å². The third-order valence-corrected chi connectivity index (χ3v) is 16.4. The highest BCUT2D eigenvalue weighted by molar-refractivity contribution is 9.10. The number of imidazole rings is 2. The quantitative estimate of drug-likeness (QED) is 0.0815. The number of benzene rings is 2. The predicted molar refractivity (Wildman–Crippen MR) is 381 cm³/mol. The van der Waals surface area contributed by atoms with Crippen molar-refractivity contribution in [3.63, 3.8) is 0 Å². The summed E-state index contributed by atoms with van der Waals surface area (Å²) in [5.41, 5.74) is -0.860. The molecule has 0 radical (unpaired) electrons. The molecule has 534 valence electrons. The van der Waals surface area contributed by atoms with Crippen LogP contribution in [0.4, 0.5) is 39.6 Å². The Balaban J connectivity index is 0.000000196. The second kappa shape index (κ2) is 31.3. The van der Waals surface area contributed by atoms with Gasteiger partial charge in [0, 0.05) is 110 Å². The molecule has 0 aliphatic carbocycles. The summed E-state index contributed by atoms with van der Waals surface area (Å²) in [6, 6.07) is 19.0. The molecule has 0 bridgehead atoms. The van der Waals surface area contributed by atoms with Gasteiger partial charge in [0.1, 0.15) is 49.7 Å². The van der Waals surface area contributed by atoms with E-state index in [0.29, 0.717) is 50.0 Å². The molecule has 28 heteroatoms. The molecule has 100 heavy (non-hydrogen) atoms. The molecule has 0 N–H and O–H groups in total. The molecule has 3 aliphatic rings. The van der Waals surface area contributed by atoms with Gasteiger partial charge in [-0.2, -0.15) is 9.80 Å². The average Bonchev–Trinajstić information content (AvgIpc) is 1.63. The maximum atomic E-state index is 14.2. The van der Waals surface area contributed by atoms with Crippen molar-refractivity contribution in [2.45, 2.75) is 157 Å². The first kappa shape index (κ1) is 75.8. The Morgan fingerprint density at radius 2 is 0.920 bits per heavy atom. The molecule has 0 unspecified atom stereocenters. The lowest BCUT2D eigenvalue weighted by Gasteiger charge is -2.32. The highest BCUT2D eigenvalue weighted by Crippen LogP contribution is 2.39. The second-order valence-corrected chi connectivity index (χ2v) is 30.1. The maximum absolute atomic E-state index is 14.2. The van der Waals surface area contributed by atoms with E-state index in [-0.39, 0.29) is 22.7 Å². The molecule has 3 fully saturated rings. The Morgan fingerprint density at radius 1 is 0.520 bits per heavy atom. The summed E-state index contributed by atoms with van der Waals surface area (Å²) in [6.45, 7) is 38.8. The van der Waals surface area contributed by atoms with Gasteiger partial charge < -0.3 is 46.9 Å². The number of aromatic nitrogens is 8. The molecule has 3 saturated heterocycles. The summed E-state index contributed by atoms with van der Waals surface area (Å²) in [6.07, 6.45) is 6.68. The van der Waals surface area contributed by atoms with Crippen molar-refractivity contribution in [2.75, 3.05) is 75.5 Å². The summed E-state index contributed by atoms with van der Waals surface area (Å²) < 4.78 is 78.9. The van der Waals surface area contributed by atoms with Crippen LogP contribution in [0.15, 0.2) is 115 Å². The Morgan fingerprint density at radius 3 is 1.33 bits per heavy atom. The number of hydrogen-bond acceptors (Lipinski definition) is 20. The average molecular weight is 1440 g/mol. The van der Waals surface area contributed by atoms with Gasteiger partial charge in [-0.25, -0.2) is 57.9 Å². The molecule has 0 atom stereocenters. The van der Waals surface area contributed by atoms with Crippen LogP contribution in [0.25, 0.3) is 55.6 Å². The van der Waals surface area contributed by atoms with Crippen molar-refractivity contribution in [3.05, 3.63) is 126 Å². The number of halogens is 3. The van der Waals surface area contributed by atoms with Crippen LogP contribution in [0.1, 0.15) is 111 Å². The smallest absolute Gasteiger partial charge is 0.443 e. The number of fused-ring (bicyclic) bond motifs is 2. The third kappa shape index (κ3) is 20.2. The lowest BCUT2D eigenvalue weighted by molar-refractivity contribution is 0.00578. The molecular formula is C72H90BBrF2N12O12. The van der Waals surface area contributed by atoms with Crippen molar-refractivity contribution in [1.29, 1.82) is 0 Å². The van der Waals surface area contributed by atoms with Gasteiger partial charge in [-0.1, -0.05) is 30.3 Å². The minimum Gasteiger partial charge on any atom is -0.443 e. The van der Waals surface area contributed by atoms with Crippen molar-refractivity contribution >= 4 is 86.3 Å². The number of amides is 4. The fourth-order valence-electron chi connectivity index (χ4n) is 10.5. The van der Waals surface area contributed by atoms with Crippen LogP contribution in [0.3, 0.4) is 0 Å². The zero-order valence-electron chi connectivity index (χ0n) is 59.9. The minimum absolute atomic E-state index is 0.0812. The lowest BCUT2D eigenvalue weighted by Crippen LogP contribution is -2.45. The molecule has 9 heterocycles. The van der Waals surface area contributed by atoms with Gasteiger partial charge in [-0.3, -0.25) is 9.80 Å². The van der Waals surface area contributed by atoms with Crippen LogP contribution in [0.5, 0.6) is 0 Å². The lowest BCUT2D eigenvalue weighted by atomic mass is 9.77. The molecule has 11 rings (SSSR count). The van der Waals surface area contributed by atoms with Crippen LogP contribution in [0.2, 0.25) is 0 Å². The van der Waals surface area contributed by atoms with E-state index in [0.717, 1.165) is 93.2 Å². The van der Waals surface area contributed by atoms with E-state index in [2.05, 4.69) is 50.2 Å². The van der Waals surface area contributed by atoms with E-state index < -0.39 is 76.7 Å². The number of hydrogen-bond donors (Lipinski definition) is 0. The summed E-state index contributed by atoms with van der Waals surface area (Å²) in [7, 11) is -0.803. The highest BCUT2D eigenvalue weighted by Gasteiger charge is 2.53. The van der Waals surface area contributed by atoms with Gasteiger partial charge in [0.15, 0.2) is 11.6 Å². The first-order chi connectivity index (χ1) is 46.9. The highest BCUT2D eigenvalue weighted by atomic mass is 79.9. The number of carbonyl (C=O) groups is 4. The zero-order valence-corrected chi connectivity index (χ0v) is 61.4. The van der Waals surface area contributed by atoms with E-state index >= 15 is 0 Å². The molecule has 6 aromatic heterocycles. The normalized spacial score (nSPS) is 15.8. The Hall–Kier alpha value is -8.38. The van der Waals surface area contributed by atoms with Crippen molar-refractivity contribution < 1.29 is 65.7 Å². The molecule has 0 spiro atoms. The summed E-state index contributed by atoms with van der Waals surface area (Å²) >= 11 is 3.33. The molecular weight excluding hydrogens is 1350 g/mol. The van der Waals surface area contributed by atoms with Gasteiger partial charge in [0.2, 0.25) is 0 Å². The predicted octanol–water partition coefficient (Wildman–Crippen LogP) is 13.7. The fraction of sp³-hybridized carbons (Fsp3) is 0.472. The zero-order chi connectivity index (χ0) is 72.7. The summed E-state index contributed by atoms with van der Waals surface area (Å²) in [5.74, 6) is -1.05. The third-order valence-electron chi connectivity index (χ3n) is 16.0. The number of anilines is 2. The molecule has 3 aliphatic heterocycles. The number of carbonyl (C=O) groups excluding carboxylic acids is 4. The van der Waals surface area contributed by atoms with Gasteiger partial charge in [-0.05, 0) is 169 Å². The number of pyridine rings is 4. The van der Waals surface area contributed by atoms with E-state index in [9.17, 15) is 28.0 Å². The molecule has 8 aromatic rings. The number of nitrogens with zero attached hydrogens (tertiary/aromatic N) is 12. The molecule has 24 nitrogen and oxygen atoms in total. The first-order valence-corrected chi connectivity index (χ1v) is 34.0. The number of rotatable bonds is 12. The largest absolute Gasteiger partial charge is 0.497 e. The monoisotopic (exact) mass is 1440 g/mol. The van der Waals surface area contributed by atoms with Crippen molar-refractivity contribution in [1.82, 2.24) is 48.8 Å². The number of imide groups is 2. The molecule has 2 aromatic carbocycles. The number of ether oxygens (including phenoxy) is 6. The topological polar surface area (TPSA) is 242 Å². The SMILES string of the molecule is Brc1cn(CCN2CCOCC2)cn1.CC(C)(C)OC(=O)N(C(=O)OC(C)(C)C)c1ncc(-c2cn(CCN3CCOCC3)cn2)c2ccc(-c3cccc(F)c3)nc12.CC(C)(C)OC(=O)N(C(=O)OC(C)(C)C)c1ncc(B2OC(C)(C)C(C)(C)O2)c2ccc(-c3cccc(F)c3)nc12. The van der Waals surface area contributed by atoms with Crippen LogP contribution in [0, 0.1) is 11.6 Å². The van der Waals surface area contributed by atoms with E-state index in [1.165, 1.54) is 30.5 Å². The Kier molecular flexibility index (Phi) is 23.7. The maximum Gasteiger partial charge on any atom is 0.497 e. The first-order valence-electron chi connectivity index (χ1n) is 33.2. The van der Waals surface area contributed by atoms with Crippen LogP contribution in [-0.4, -0.2) is 180 Å². The molecule has 0 saturated carbocycles. The van der Waals surface area contributed by atoms with Gasteiger partial charge in [0.25, 0.3) is 0 Å². The second-order valence-electron chi connectivity index (χ2n) is 29.3. The molecule has 4 amide bonds. The van der Waals surface area contributed by atoms with E-state index in [4.69, 9.17) is 47.7 Å².